The van der Waals surface area contributed by atoms with Crippen LogP contribution in [0.2, 0.25) is 6.04 Å². The second-order valence-electron chi connectivity index (χ2n) is 4.13. The van der Waals surface area contributed by atoms with Crippen molar-refractivity contribution in [3.05, 3.63) is 0 Å². The summed E-state index contributed by atoms with van der Waals surface area (Å²) in [5.41, 5.74) is 0. The van der Waals surface area contributed by atoms with Crippen molar-refractivity contribution < 1.29 is 24.6 Å². The molecule has 84 valence electrons. The molecule has 0 aromatic rings. The highest BCUT2D eigenvalue weighted by atomic mass is 28.4. The molecule has 0 bridgehead atoms. The van der Waals surface area contributed by atoms with Crippen molar-refractivity contribution in [3.63, 3.8) is 0 Å². The van der Waals surface area contributed by atoms with Gasteiger partial charge in [-0.3, -0.25) is 0 Å². The molecule has 6 heteroatoms. The molecule has 1 fully saturated rings. The van der Waals surface area contributed by atoms with Crippen LogP contribution in [0.3, 0.4) is 0 Å². The fourth-order valence-corrected chi connectivity index (χ4v) is 2.67. The van der Waals surface area contributed by atoms with E-state index in [-0.39, 0.29) is 12.0 Å². The Labute approximate surface area is 84.0 Å². The average Bonchev–Trinajstić information content (AvgIpc) is 2.06. The van der Waals surface area contributed by atoms with Gasteiger partial charge in [0.2, 0.25) is 0 Å². The van der Waals surface area contributed by atoms with Gasteiger partial charge in [0.05, 0.1) is 12.2 Å². The fourth-order valence-electron chi connectivity index (χ4n) is 1.88. The van der Waals surface area contributed by atoms with Gasteiger partial charge in [-0.05, 0) is 31.6 Å². The van der Waals surface area contributed by atoms with Crippen molar-refractivity contribution in [2.24, 2.45) is 5.92 Å². The molecule has 1 aliphatic rings. The summed E-state index contributed by atoms with van der Waals surface area (Å²) in [6.45, 7) is 0. The van der Waals surface area contributed by atoms with Crippen LogP contribution in [0.4, 0.5) is 0 Å². The van der Waals surface area contributed by atoms with Gasteiger partial charge < -0.3 is 24.6 Å². The van der Waals surface area contributed by atoms with Crippen molar-refractivity contribution in [3.8, 4) is 0 Å². The topological polar surface area (TPSA) is 101 Å². The Balaban J connectivity index is 2.27. The Morgan fingerprint density at radius 1 is 1.00 bits per heavy atom. The Bertz CT molecular complexity index is 181. The summed E-state index contributed by atoms with van der Waals surface area (Å²) in [6.07, 6.45) is 0.933. The molecule has 3 atom stereocenters. The summed E-state index contributed by atoms with van der Waals surface area (Å²) in [5.74, 6) is 0.173. The molecule has 0 heterocycles. The molecule has 0 spiro atoms. The number of hydrogen-bond donors (Lipinski definition) is 5. The normalized spacial score (nSPS) is 34.5. The molecule has 3 unspecified atom stereocenters. The highest BCUT2D eigenvalue weighted by Gasteiger charge is 2.32. The maximum atomic E-state index is 9.35. The third-order valence-electron chi connectivity index (χ3n) is 2.78. The van der Waals surface area contributed by atoms with Gasteiger partial charge in [0.1, 0.15) is 0 Å². The first-order valence-electron chi connectivity index (χ1n) is 4.92. The molecule has 1 saturated carbocycles. The summed E-state index contributed by atoms with van der Waals surface area (Å²) in [6, 6.07) is 0.0144. The van der Waals surface area contributed by atoms with Gasteiger partial charge in [-0.15, -0.1) is 0 Å². The molecular formula is C8H18O5Si. The van der Waals surface area contributed by atoms with Crippen LogP contribution in [-0.4, -0.2) is 45.6 Å². The largest absolute Gasteiger partial charge is 0.492 e. The molecule has 0 aromatic carbocycles. The van der Waals surface area contributed by atoms with Gasteiger partial charge in [-0.1, -0.05) is 0 Å². The Kier molecular flexibility index (Phi) is 4.05. The number of hydrogen-bond acceptors (Lipinski definition) is 5. The van der Waals surface area contributed by atoms with Crippen LogP contribution in [0, 0.1) is 5.92 Å². The van der Waals surface area contributed by atoms with E-state index >= 15 is 0 Å². The fraction of sp³-hybridized carbons (Fsp3) is 1.00. The van der Waals surface area contributed by atoms with Gasteiger partial charge >= 0.3 is 8.80 Å². The predicted octanol–water partition coefficient (Wildman–Crippen LogP) is -1.19. The van der Waals surface area contributed by atoms with Crippen molar-refractivity contribution in [1.82, 2.24) is 0 Å². The van der Waals surface area contributed by atoms with Gasteiger partial charge in [0.15, 0.2) is 0 Å². The highest BCUT2D eigenvalue weighted by Crippen LogP contribution is 2.29. The molecule has 0 radical (unpaired) electrons. The predicted molar refractivity (Wildman–Crippen MR) is 51.2 cm³/mol. The SMILES string of the molecule is OC1CCC(CC[Si](O)(O)O)CC1O. The lowest BCUT2D eigenvalue weighted by Crippen LogP contribution is -2.37. The average molecular weight is 222 g/mol. The quantitative estimate of drug-likeness (QED) is 0.387. The Morgan fingerprint density at radius 2 is 1.64 bits per heavy atom. The maximum absolute atomic E-state index is 9.35. The standard InChI is InChI=1S/C8H18O5Si/c9-7-2-1-6(5-8(7)10)3-4-14(11,12)13/h6-13H,1-5H2. The van der Waals surface area contributed by atoms with Gasteiger partial charge in [0.25, 0.3) is 0 Å². The zero-order valence-electron chi connectivity index (χ0n) is 8.00. The minimum absolute atomic E-state index is 0.0144. The Morgan fingerprint density at radius 3 is 2.14 bits per heavy atom. The highest BCUT2D eigenvalue weighted by molar-refractivity contribution is 6.56. The summed E-state index contributed by atoms with van der Waals surface area (Å²) in [7, 11) is -3.92. The monoisotopic (exact) mass is 222 g/mol. The summed E-state index contributed by atoms with van der Waals surface area (Å²) in [4.78, 5) is 26.4. The van der Waals surface area contributed by atoms with Crippen LogP contribution in [0.1, 0.15) is 25.7 Å². The van der Waals surface area contributed by atoms with Crippen molar-refractivity contribution in [1.29, 1.82) is 0 Å². The molecule has 0 aliphatic heterocycles. The van der Waals surface area contributed by atoms with Gasteiger partial charge in [0, 0.05) is 6.04 Å². The van der Waals surface area contributed by atoms with Crippen LogP contribution >= 0.6 is 0 Å². The van der Waals surface area contributed by atoms with E-state index in [4.69, 9.17) is 14.4 Å². The van der Waals surface area contributed by atoms with Crippen LogP contribution < -0.4 is 0 Å². The van der Waals surface area contributed by atoms with Crippen LogP contribution in [0.25, 0.3) is 0 Å². The molecule has 14 heavy (non-hydrogen) atoms. The molecule has 0 aromatic heterocycles. The lowest BCUT2D eigenvalue weighted by Gasteiger charge is -2.30. The number of rotatable bonds is 3. The van der Waals surface area contributed by atoms with E-state index in [1.807, 2.05) is 0 Å². The third-order valence-corrected chi connectivity index (χ3v) is 3.74. The van der Waals surface area contributed by atoms with Crippen LogP contribution in [0.5, 0.6) is 0 Å². The molecule has 5 N–H and O–H groups in total. The minimum atomic E-state index is -3.92. The summed E-state index contributed by atoms with van der Waals surface area (Å²) < 4.78 is 0. The molecule has 5 nitrogen and oxygen atoms in total. The number of aliphatic hydroxyl groups excluding tert-OH is 2. The molecule has 1 aliphatic carbocycles. The van der Waals surface area contributed by atoms with Crippen LogP contribution in [0.15, 0.2) is 0 Å². The van der Waals surface area contributed by atoms with E-state index < -0.39 is 21.0 Å². The van der Waals surface area contributed by atoms with E-state index in [9.17, 15) is 10.2 Å². The van der Waals surface area contributed by atoms with Gasteiger partial charge in [-0.25, -0.2) is 0 Å². The lowest BCUT2D eigenvalue weighted by atomic mass is 9.84. The second kappa shape index (κ2) is 4.69. The van der Waals surface area contributed by atoms with E-state index in [0.717, 1.165) is 6.42 Å². The van der Waals surface area contributed by atoms with E-state index in [1.165, 1.54) is 0 Å². The summed E-state index contributed by atoms with van der Waals surface area (Å²) in [5, 5.41) is 18.6. The van der Waals surface area contributed by atoms with E-state index in [1.54, 1.807) is 0 Å². The number of aliphatic hydroxyl groups is 2. The molecule has 0 amide bonds. The maximum Gasteiger partial charge on any atom is 0.492 e. The molecular weight excluding hydrogens is 204 g/mol. The van der Waals surface area contributed by atoms with Gasteiger partial charge in [-0.2, -0.15) is 0 Å². The smallest absolute Gasteiger partial charge is 0.390 e. The molecule has 1 rings (SSSR count). The van der Waals surface area contributed by atoms with E-state index in [0.29, 0.717) is 19.3 Å². The minimum Gasteiger partial charge on any atom is -0.390 e. The van der Waals surface area contributed by atoms with E-state index in [2.05, 4.69) is 0 Å². The summed E-state index contributed by atoms with van der Waals surface area (Å²) >= 11 is 0. The second-order valence-corrected chi connectivity index (χ2v) is 6.18. The lowest BCUT2D eigenvalue weighted by molar-refractivity contribution is -0.0262. The van der Waals surface area contributed by atoms with Crippen molar-refractivity contribution in [2.75, 3.05) is 0 Å². The van der Waals surface area contributed by atoms with Crippen molar-refractivity contribution >= 4 is 8.80 Å². The zero-order chi connectivity index (χ0) is 10.8. The first kappa shape index (κ1) is 12.1. The Hall–Kier alpha value is 0.0169. The van der Waals surface area contributed by atoms with Crippen molar-refractivity contribution in [2.45, 2.75) is 43.9 Å². The zero-order valence-corrected chi connectivity index (χ0v) is 9.00. The molecule has 0 saturated heterocycles. The first-order chi connectivity index (χ1) is 6.38. The third kappa shape index (κ3) is 4.03. The first-order valence-corrected chi connectivity index (χ1v) is 6.96. The van der Waals surface area contributed by atoms with Crippen LogP contribution in [-0.2, 0) is 0 Å².